The van der Waals surface area contributed by atoms with E-state index < -0.39 is 44.9 Å². The lowest BCUT2D eigenvalue weighted by molar-refractivity contribution is -0.137. The number of aryl methyl sites for hydroxylation is 1. The summed E-state index contributed by atoms with van der Waals surface area (Å²) in [6.45, 7) is 2.30. The highest BCUT2D eigenvalue weighted by Gasteiger charge is 2.38. The fraction of sp³-hybridized carbons (Fsp3) is 0.381. The molecule has 3 heterocycles. The second kappa shape index (κ2) is 8.45. The molecule has 4 rings (SSSR count). The SMILES string of the molecule is Cc1cc(N)nc(-c2c(Cl)cc3c(=O)[nH]c(OC[C@@H]4CCCN4C)nc3c2F)c1C(F)(F)F. The van der Waals surface area contributed by atoms with Crippen molar-refractivity contribution < 1.29 is 22.3 Å². The van der Waals surface area contributed by atoms with Crippen LogP contribution in [0, 0.1) is 12.7 Å². The number of hydrogen-bond donors (Lipinski definition) is 2. The molecule has 0 amide bonds. The number of alkyl halides is 3. The summed E-state index contributed by atoms with van der Waals surface area (Å²) in [4.78, 5) is 24.8. The number of nitrogen functional groups attached to an aromatic ring is 1. The van der Waals surface area contributed by atoms with E-state index >= 15 is 4.39 Å². The van der Waals surface area contributed by atoms with Gasteiger partial charge >= 0.3 is 6.18 Å². The van der Waals surface area contributed by atoms with Gasteiger partial charge < -0.3 is 15.4 Å². The predicted octanol–water partition coefficient (Wildman–Crippen LogP) is 4.16. The first-order valence-electron chi connectivity index (χ1n) is 10.1. The Kier molecular flexibility index (Phi) is 5.95. The summed E-state index contributed by atoms with van der Waals surface area (Å²) in [6.07, 6.45) is -2.96. The first-order valence-corrected chi connectivity index (χ1v) is 10.4. The quantitative estimate of drug-likeness (QED) is 0.539. The van der Waals surface area contributed by atoms with Gasteiger partial charge in [0, 0.05) is 6.04 Å². The summed E-state index contributed by atoms with van der Waals surface area (Å²) in [5.74, 6) is -1.47. The van der Waals surface area contributed by atoms with Crippen LogP contribution in [0.2, 0.25) is 5.02 Å². The van der Waals surface area contributed by atoms with Gasteiger partial charge in [0.15, 0.2) is 5.82 Å². The average molecular weight is 486 g/mol. The molecule has 176 valence electrons. The molecule has 7 nitrogen and oxygen atoms in total. The third-order valence-electron chi connectivity index (χ3n) is 5.71. The number of nitrogens with zero attached hydrogens (tertiary/aromatic N) is 3. The van der Waals surface area contributed by atoms with Crippen molar-refractivity contribution in [3.05, 3.63) is 44.5 Å². The van der Waals surface area contributed by atoms with Crippen LogP contribution in [0.4, 0.5) is 23.4 Å². The van der Waals surface area contributed by atoms with Gasteiger partial charge in [-0.25, -0.2) is 9.37 Å². The first-order chi connectivity index (χ1) is 15.5. The van der Waals surface area contributed by atoms with Gasteiger partial charge in [-0.1, -0.05) is 11.6 Å². The Morgan fingerprint density at radius 2 is 2.06 bits per heavy atom. The summed E-state index contributed by atoms with van der Waals surface area (Å²) >= 11 is 6.14. The molecule has 1 saturated heterocycles. The Morgan fingerprint density at radius 1 is 1.33 bits per heavy atom. The zero-order chi connectivity index (χ0) is 24.1. The molecule has 1 fully saturated rings. The lowest BCUT2D eigenvalue weighted by Gasteiger charge is -2.19. The number of benzene rings is 1. The molecule has 3 N–H and O–H groups in total. The highest BCUT2D eigenvalue weighted by atomic mass is 35.5. The van der Waals surface area contributed by atoms with E-state index in [-0.39, 0.29) is 35.4 Å². The van der Waals surface area contributed by atoms with E-state index in [9.17, 15) is 18.0 Å². The van der Waals surface area contributed by atoms with Crippen molar-refractivity contribution in [1.82, 2.24) is 19.9 Å². The van der Waals surface area contributed by atoms with Crippen LogP contribution < -0.4 is 16.0 Å². The van der Waals surface area contributed by atoms with Crippen molar-refractivity contribution >= 4 is 28.3 Å². The van der Waals surface area contributed by atoms with E-state index in [1.165, 1.54) is 6.92 Å². The van der Waals surface area contributed by atoms with E-state index in [2.05, 4.69) is 19.9 Å². The number of ether oxygens (including phenoxy) is 1. The highest BCUT2D eigenvalue weighted by Crippen LogP contribution is 2.43. The van der Waals surface area contributed by atoms with Crippen molar-refractivity contribution in [2.75, 3.05) is 25.9 Å². The van der Waals surface area contributed by atoms with E-state index in [1.807, 2.05) is 7.05 Å². The smallest absolute Gasteiger partial charge is 0.418 e. The second-order valence-electron chi connectivity index (χ2n) is 7.99. The Hall–Kier alpha value is -2.92. The minimum absolute atomic E-state index is 0.102. The summed E-state index contributed by atoms with van der Waals surface area (Å²) < 4.78 is 62.5. The fourth-order valence-electron chi connectivity index (χ4n) is 4.07. The number of rotatable bonds is 4. The molecule has 0 unspecified atom stereocenters. The van der Waals surface area contributed by atoms with Gasteiger partial charge in [-0.2, -0.15) is 18.2 Å². The molecule has 0 aliphatic carbocycles. The molecule has 3 aromatic rings. The standard InChI is InChI=1S/C21H20ClF4N5O2/c1-9-6-13(27)28-18(15(9)21(24,25)26)14-12(22)7-11-17(16(14)23)29-20(30-19(11)32)33-8-10-4-3-5-31(10)2/h6-7,10H,3-5,8H2,1-2H3,(H2,27,28)(H,29,30,32)/t10-/m0/s1. The molecule has 1 aliphatic rings. The maximum Gasteiger partial charge on any atom is 0.418 e. The summed E-state index contributed by atoms with van der Waals surface area (Å²) in [7, 11) is 1.93. The van der Waals surface area contributed by atoms with Crippen LogP contribution in [0.15, 0.2) is 16.9 Å². The van der Waals surface area contributed by atoms with Crippen molar-refractivity contribution in [2.45, 2.75) is 32.0 Å². The molecule has 33 heavy (non-hydrogen) atoms. The van der Waals surface area contributed by atoms with Gasteiger partial charge in [0.05, 0.1) is 27.2 Å². The normalized spacial score (nSPS) is 17.1. The maximum absolute atomic E-state index is 15.6. The van der Waals surface area contributed by atoms with E-state index in [1.54, 1.807) is 0 Å². The van der Waals surface area contributed by atoms with Crippen LogP contribution in [0.25, 0.3) is 22.2 Å². The lowest BCUT2D eigenvalue weighted by Crippen LogP contribution is -2.31. The van der Waals surface area contributed by atoms with E-state index in [0.29, 0.717) is 0 Å². The number of H-pyrrole nitrogens is 1. The van der Waals surface area contributed by atoms with Crippen LogP contribution in [0.5, 0.6) is 6.01 Å². The number of pyridine rings is 1. The lowest BCUT2D eigenvalue weighted by atomic mass is 9.99. The number of aromatic amines is 1. The van der Waals surface area contributed by atoms with Gasteiger partial charge in [0.2, 0.25) is 0 Å². The molecular weight excluding hydrogens is 466 g/mol. The number of likely N-dealkylation sites (tertiary alicyclic amines) is 1. The molecule has 0 bridgehead atoms. The van der Waals surface area contributed by atoms with Gasteiger partial charge in [0.1, 0.15) is 17.9 Å². The number of nitrogens with one attached hydrogen (secondary N) is 1. The van der Waals surface area contributed by atoms with Crippen molar-refractivity contribution in [1.29, 1.82) is 0 Å². The molecule has 0 spiro atoms. The molecule has 1 atom stereocenters. The topological polar surface area (TPSA) is 97.1 Å². The molecule has 0 saturated carbocycles. The number of likely N-dealkylation sites (N-methyl/N-ethyl adjacent to an activating group) is 1. The van der Waals surface area contributed by atoms with Crippen LogP contribution in [0.3, 0.4) is 0 Å². The molecule has 1 aliphatic heterocycles. The minimum atomic E-state index is -4.85. The summed E-state index contributed by atoms with van der Waals surface area (Å²) in [6, 6.07) is 1.95. The predicted molar refractivity (Wildman–Crippen MR) is 116 cm³/mol. The van der Waals surface area contributed by atoms with Crippen molar-refractivity contribution in [3.8, 4) is 17.3 Å². The van der Waals surface area contributed by atoms with E-state index in [0.717, 1.165) is 31.5 Å². The Labute approximate surface area is 190 Å². The minimum Gasteiger partial charge on any atom is -0.463 e. The van der Waals surface area contributed by atoms with E-state index in [4.69, 9.17) is 22.1 Å². The summed E-state index contributed by atoms with van der Waals surface area (Å²) in [5.41, 5.74) is 1.57. The monoisotopic (exact) mass is 485 g/mol. The van der Waals surface area contributed by atoms with Gasteiger partial charge in [-0.15, -0.1) is 0 Å². The third kappa shape index (κ3) is 4.34. The van der Waals surface area contributed by atoms with Crippen LogP contribution in [0.1, 0.15) is 24.0 Å². The van der Waals surface area contributed by atoms with Gasteiger partial charge in [0.25, 0.3) is 11.6 Å². The average Bonchev–Trinajstić information content (AvgIpc) is 3.10. The van der Waals surface area contributed by atoms with Gasteiger partial charge in [-0.05, 0) is 51.1 Å². The van der Waals surface area contributed by atoms with Crippen LogP contribution in [-0.2, 0) is 6.18 Å². The molecular formula is C21H20ClF4N5O2. The number of hydrogen-bond acceptors (Lipinski definition) is 6. The number of aromatic nitrogens is 3. The second-order valence-corrected chi connectivity index (χ2v) is 8.39. The Balaban J connectivity index is 1.87. The van der Waals surface area contributed by atoms with Crippen LogP contribution in [-0.4, -0.2) is 46.1 Å². The molecule has 0 radical (unpaired) electrons. The Morgan fingerprint density at radius 3 is 2.70 bits per heavy atom. The molecule has 12 heteroatoms. The summed E-state index contributed by atoms with van der Waals surface area (Å²) in [5, 5.41) is -0.669. The number of nitrogens with two attached hydrogens (primary N) is 1. The van der Waals surface area contributed by atoms with Crippen LogP contribution >= 0.6 is 11.6 Å². The number of halogens is 5. The largest absolute Gasteiger partial charge is 0.463 e. The maximum atomic E-state index is 15.6. The number of anilines is 1. The molecule has 1 aromatic carbocycles. The fourth-order valence-corrected chi connectivity index (χ4v) is 4.35. The number of fused-ring (bicyclic) bond motifs is 1. The zero-order valence-electron chi connectivity index (χ0n) is 17.7. The molecule has 2 aromatic heterocycles. The third-order valence-corrected chi connectivity index (χ3v) is 6.01. The Bertz CT molecular complexity index is 1290. The zero-order valence-corrected chi connectivity index (χ0v) is 18.4. The van der Waals surface area contributed by atoms with Crippen molar-refractivity contribution in [2.24, 2.45) is 0 Å². The highest BCUT2D eigenvalue weighted by molar-refractivity contribution is 6.34. The first kappa shape index (κ1) is 23.2. The van der Waals surface area contributed by atoms with Gasteiger partial charge in [-0.3, -0.25) is 9.78 Å². The van der Waals surface area contributed by atoms with Crippen molar-refractivity contribution in [3.63, 3.8) is 0 Å².